The van der Waals surface area contributed by atoms with E-state index < -0.39 is 0 Å². The molecule has 182 valence electrons. The lowest BCUT2D eigenvalue weighted by Crippen LogP contribution is -2.30. The molecule has 0 heterocycles. The number of rotatable bonds is 14. The molecule has 0 radical (unpaired) electrons. The summed E-state index contributed by atoms with van der Waals surface area (Å²) in [7, 11) is 0. The van der Waals surface area contributed by atoms with Crippen LogP contribution in [0.2, 0.25) is 0 Å². The van der Waals surface area contributed by atoms with Crippen LogP contribution in [0.15, 0.2) is 48.5 Å². The largest absolute Gasteiger partial charge is 0.493 e. The monoisotopic (exact) mass is 467 g/mol. The minimum absolute atomic E-state index is 0.0192. The lowest BCUT2D eigenvalue weighted by molar-refractivity contribution is -0.123. The third-order valence-corrected chi connectivity index (χ3v) is 5.27. The van der Waals surface area contributed by atoms with Crippen LogP contribution in [0.1, 0.15) is 48.5 Å². The van der Waals surface area contributed by atoms with Gasteiger partial charge in [-0.25, -0.2) is 0 Å². The Morgan fingerprint density at radius 2 is 1.68 bits per heavy atom. The van der Waals surface area contributed by atoms with Gasteiger partial charge in [0, 0.05) is 25.6 Å². The number of carbonyl (C=O) groups excluding carboxylic acids is 3. The molecule has 0 aliphatic heterocycles. The van der Waals surface area contributed by atoms with Crippen LogP contribution in [-0.4, -0.2) is 50.1 Å². The number of nitrogens with one attached hydrogen (secondary N) is 3. The van der Waals surface area contributed by atoms with E-state index in [1.807, 2.05) is 37.3 Å². The highest BCUT2D eigenvalue weighted by atomic mass is 16.5. The molecular weight excluding hydrogens is 434 g/mol. The van der Waals surface area contributed by atoms with E-state index in [2.05, 4.69) is 16.0 Å². The molecule has 0 bridgehead atoms. The second kappa shape index (κ2) is 13.2. The highest BCUT2D eigenvalue weighted by Crippen LogP contribution is 2.19. The molecule has 0 unspecified atom stereocenters. The van der Waals surface area contributed by atoms with E-state index >= 15 is 0 Å². The van der Waals surface area contributed by atoms with Crippen molar-refractivity contribution in [3.05, 3.63) is 59.7 Å². The van der Waals surface area contributed by atoms with Gasteiger partial charge in [-0.05, 0) is 62.4 Å². The fourth-order valence-electron chi connectivity index (χ4n) is 3.31. The van der Waals surface area contributed by atoms with Gasteiger partial charge in [0.15, 0.2) is 6.61 Å². The smallest absolute Gasteiger partial charge is 0.258 e. The lowest BCUT2D eigenvalue weighted by atomic mass is 10.1. The summed E-state index contributed by atoms with van der Waals surface area (Å²) in [5, 5.41) is 8.62. The second-order valence-electron chi connectivity index (χ2n) is 8.16. The Morgan fingerprint density at radius 1 is 0.912 bits per heavy atom. The van der Waals surface area contributed by atoms with Gasteiger partial charge in [-0.15, -0.1) is 0 Å². The Hall–Kier alpha value is -3.55. The van der Waals surface area contributed by atoms with E-state index in [4.69, 9.17) is 9.47 Å². The Kier molecular flexibility index (Phi) is 9.76. The van der Waals surface area contributed by atoms with Crippen molar-refractivity contribution >= 4 is 17.7 Å². The first-order valence-electron chi connectivity index (χ1n) is 11.8. The molecule has 0 saturated heterocycles. The standard InChI is InChI=1S/C26H33N3O5/c1-2-33-23-7-4-3-6-22(23)26(32)28-16-5-8-24(30)27-17-15-19-9-13-21(14-10-19)34-18-25(31)29-20-11-12-20/h3-4,6-7,9-10,13-14,20H,2,5,8,11-12,15-18H2,1H3,(H,27,30)(H,28,32)(H,29,31). The Balaban J connectivity index is 1.26. The molecule has 1 saturated carbocycles. The molecular formula is C26H33N3O5. The van der Waals surface area contributed by atoms with Crippen LogP contribution in [0.3, 0.4) is 0 Å². The first kappa shape index (κ1) is 25.1. The normalized spacial score (nSPS) is 12.5. The zero-order chi connectivity index (χ0) is 24.2. The van der Waals surface area contributed by atoms with Crippen LogP contribution in [0.25, 0.3) is 0 Å². The van der Waals surface area contributed by atoms with Gasteiger partial charge in [-0.1, -0.05) is 24.3 Å². The van der Waals surface area contributed by atoms with Gasteiger partial charge < -0.3 is 25.4 Å². The molecule has 2 aromatic carbocycles. The fourth-order valence-corrected chi connectivity index (χ4v) is 3.31. The van der Waals surface area contributed by atoms with Gasteiger partial charge >= 0.3 is 0 Å². The molecule has 0 spiro atoms. The molecule has 34 heavy (non-hydrogen) atoms. The maximum Gasteiger partial charge on any atom is 0.258 e. The van der Waals surface area contributed by atoms with Crippen molar-refractivity contribution in [1.82, 2.24) is 16.0 Å². The van der Waals surface area contributed by atoms with Crippen LogP contribution >= 0.6 is 0 Å². The molecule has 2 aromatic rings. The minimum Gasteiger partial charge on any atom is -0.493 e. The molecule has 8 nitrogen and oxygen atoms in total. The summed E-state index contributed by atoms with van der Waals surface area (Å²) < 4.78 is 11.0. The highest BCUT2D eigenvalue weighted by molar-refractivity contribution is 5.96. The van der Waals surface area contributed by atoms with Crippen molar-refractivity contribution in [3.63, 3.8) is 0 Å². The number of hydrogen-bond acceptors (Lipinski definition) is 5. The number of hydrogen-bond donors (Lipinski definition) is 3. The van der Waals surface area contributed by atoms with Crippen molar-refractivity contribution in [2.24, 2.45) is 0 Å². The van der Waals surface area contributed by atoms with Crippen LogP contribution in [-0.2, 0) is 16.0 Å². The number of ether oxygens (including phenoxy) is 2. The summed E-state index contributed by atoms with van der Waals surface area (Å²) in [6, 6.07) is 14.9. The molecule has 8 heteroatoms. The fraction of sp³-hybridized carbons (Fsp3) is 0.423. The van der Waals surface area contributed by atoms with Crippen LogP contribution < -0.4 is 25.4 Å². The molecule has 3 rings (SSSR count). The van der Waals surface area contributed by atoms with Crippen LogP contribution in [0.4, 0.5) is 0 Å². The number of benzene rings is 2. The molecule has 1 fully saturated rings. The van der Waals surface area contributed by atoms with Crippen LogP contribution in [0.5, 0.6) is 11.5 Å². The Bertz CT molecular complexity index is 957. The first-order chi connectivity index (χ1) is 16.5. The van der Waals surface area contributed by atoms with E-state index in [0.29, 0.717) is 62.1 Å². The second-order valence-corrected chi connectivity index (χ2v) is 8.16. The average Bonchev–Trinajstić information content (AvgIpc) is 3.66. The van der Waals surface area contributed by atoms with E-state index in [-0.39, 0.29) is 24.3 Å². The first-order valence-corrected chi connectivity index (χ1v) is 11.8. The van der Waals surface area contributed by atoms with Gasteiger partial charge in [0.1, 0.15) is 11.5 Å². The van der Waals surface area contributed by atoms with Crippen molar-refractivity contribution in [2.45, 2.75) is 45.1 Å². The summed E-state index contributed by atoms with van der Waals surface area (Å²) >= 11 is 0. The van der Waals surface area contributed by atoms with Crippen molar-refractivity contribution in [3.8, 4) is 11.5 Å². The van der Waals surface area contributed by atoms with Gasteiger partial charge in [-0.3, -0.25) is 14.4 Å². The van der Waals surface area contributed by atoms with E-state index in [9.17, 15) is 14.4 Å². The third kappa shape index (κ3) is 8.77. The van der Waals surface area contributed by atoms with E-state index in [1.165, 1.54) is 0 Å². The minimum atomic E-state index is -0.208. The zero-order valence-electron chi connectivity index (χ0n) is 19.6. The van der Waals surface area contributed by atoms with Gasteiger partial charge in [0.05, 0.1) is 12.2 Å². The third-order valence-electron chi connectivity index (χ3n) is 5.27. The summed E-state index contributed by atoms with van der Waals surface area (Å²) in [5.74, 6) is 0.846. The van der Waals surface area contributed by atoms with Crippen molar-refractivity contribution in [1.29, 1.82) is 0 Å². The lowest BCUT2D eigenvalue weighted by Gasteiger charge is -2.10. The maximum absolute atomic E-state index is 12.3. The summed E-state index contributed by atoms with van der Waals surface area (Å²) in [4.78, 5) is 36.1. The molecule has 0 aromatic heterocycles. The zero-order valence-corrected chi connectivity index (χ0v) is 19.6. The quantitative estimate of drug-likeness (QED) is 0.371. The highest BCUT2D eigenvalue weighted by Gasteiger charge is 2.23. The molecule has 0 atom stereocenters. The van der Waals surface area contributed by atoms with E-state index in [1.54, 1.807) is 18.2 Å². The summed E-state index contributed by atoms with van der Waals surface area (Å²) in [6.07, 6.45) is 3.69. The topological polar surface area (TPSA) is 106 Å². The van der Waals surface area contributed by atoms with Gasteiger partial charge in [-0.2, -0.15) is 0 Å². The summed E-state index contributed by atoms with van der Waals surface area (Å²) in [5.41, 5.74) is 1.56. The Morgan fingerprint density at radius 3 is 2.41 bits per heavy atom. The van der Waals surface area contributed by atoms with Crippen molar-refractivity contribution < 1.29 is 23.9 Å². The Labute approximate surface area is 200 Å². The van der Waals surface area contributed by atoms with Crippen molar-refractivity contribution in [2.75, 3.05) is 26.3 Å². The van der Waals surface area contributed by atoms with E-state index in [0.717, 1.165) is 18.4 Å². The molecule has 1 aliphatic rings. The maximum atomic E-state index is 12.3. The van der Waals surface area contributed by atoms with Crippen LogP contribution in [0, 0.1) is 0 Å². The predicted octanol–water partition coefficient (Wildman–Crippen LogP) is 2.61. The average molecular weight is 468 g/mol. The molecule has 3 amide bonds. The number of carbonyl (C=O) groups is 3. The number of para-hydroxylation sites is 1. The van der Waals surface area contributed by atoms with Gasteiger partial charge in [0.25, 0.3) is 11.8 Å². The molecule has 1 aliphatic carbocycles. The SMILES string of the molecule is CCOc1ccccc1C(=O)NCCCC(=O)NCCc1ccc(OCC(=O)NC2CC2)cc1. The van der Waals surface area contributed by atoms with Gasteiger partial charge in [0.2, 0.25) is 5.91 Å². The molecule has 3 N–H and O–H groups in total. The summed E-state index contributed by atoms with van der Waals surface area (Å²) in [6.45, 7) is 3.31. The predicted molar refractivity (Wildman–Crippen MR) is 129 cm³/mol. The number of amides is 3.